The molecular formula is C17H25N3O. The molecule has 0 saturated heterocycles. The summed E-state index contributed by atoms with van der Waals surface area (Å²) in [5.41, 5.74) is 3.50. The van der Waals surface area contributed by atoms with Gasteiger partial charge in [-0.1, -0.05) is 26.0 Å². The molecule has 0 saturated carbocycles. The number of hydrogen-bond donors (Lipinski definition) is 1. The zero-order valence-corrected chi connectivity index (χ0v) is 13.4. The van der Waals surface area contributed by atoms with E-state index in [9.17, 15) is 0 Å². The molecule has 0 aliphatic heterocycles. The van der Waals surface area contributed by atoms with Crippen LogP contribution in [0, 0.1) is 13.8 Å². The van der Waals surface area contributed by atoms with E-state index in [1.165, 1.54) is 11.3 Å². The molecule has 0 amide bonds. The second-order valence-electron chi connectivity index (χ2n) is 5.68. The summed E-state index contributed by atoms with van der Waals surface area (Å²) in [5, 5.41) is 7.83. The van der Waals surface area contributed by atoms with E-state index in [0.29, 0.717) is 12.6 Å². The number of aromatic nitrogens is 2. The zero-order chi connectivity index (χ0) is 15.2. The minimum absolute atomic E-state index is 0.502. The number of nitrogens with one attached hydrogen (secondary N) is 1. The number of benzene rings is 1. The van der Waals surface area contributed by atoms with Gasteiger partial charge in [0.25, 0.3) is 0 Å². The molecule has 0 fully saturated rings. The van der Waals surface area contributed by atoms with Crippen LogP contribution in [-0.2, 0) is 13.1 Å². The predicted octanol–water partition coefficient (Wildman–Crippen LogP) is 3.08. The maximum atomic E-state index is 5.77. The smallest absolute Gasteiger partial charge is 0.119 e. The van der Waals surface area contributed by atoms with Crippen LogP contribution in [0.15, 0.2) is 30.3 Å². The molecule has 0 unspecified atom stereocenters. The molecular weight excluding hydrogens is 262 g/mol. The molecule has 1 heterocycles. The fraction of sp³-hybridized carbons (Fsp3) is 0.471. The van der Waals surface area contributed by atoms with E-state index >= 15 is 0 Å². The van der Waals surface area contributed by atoms with Crippen molar-refractivity contribution < 1.29 is 4.74 Å². The summed E-state index contributed by atoms with van der Waals surface area (Å²) in [6, 6.07) is 10.8. The van der Waals surface area contributed by atoms with Crippen LogP contribution in [0.4, 0.5) is 0 Å². The summed E-state index contributed by atoms with van der Waals surface area (Å²) in [5.74, 6) is 0.907. The zero-order valence-electron chi connectivity index (χ0n) is 13.4. The first-order chi connectivity index (χ1) is 10.0. The molecule has 4 heteroatoms. The minimum atomic E-state index is 0.502. The summed E-state index contributed by atoms with van der Waals surface area (Å²) in [4.78, 5) is 0. The Labute approximate surface area is 127 Å². The molecule has 2 rings (SSSR count). The van der Waals surface area contributed by atoms with Crippen molar-refractivity contribution in [2.45, 2.75) is 46.8 Å². The largest absolute Gasteiger partial charge is 0.492 e. The van der Waals surface area contributed by atoms with Crippen LogP contribution >= 0.6 is 0 Å². The monoisotopic (exact) mass is 287 g/mol. The first kappa shape index (κ1) is 15.6. The molecule has 21 heavy (non-hydrogen) atoms. The Morgan fingerprint density at radius 1 is 1.19 bits per heavy atom. The Morgan fingerprint density at radius 2 is 1.90 bits per heavy atom. The van der Waals surface area contributed by atoms with Gasteiger partial charge >= 0.3 is 0 Å². The van der Waals surface area contributed by atoms with E-state index in [1.807, 2.05) is 23.7 Å². The molecule has 0 aliphatic carbocycles. The van der Waals surface area contributed by atoms with Crippen molar-refractivity contribution >= 4 is 0 Å². The molecule has 114 valence electrons. The minimum Gasteiger partial charge on any atom is -0.492 e. The van der Waals surface area contributed by atoms with Crippen molar-refractivity contribution in [1.29, 1.82) is 0 Å². The number of rotatable bonds is 7. The SMILES string of the molecule is Cc1cc(C)n(CCOc2ccc(CNC(C)C)cc2)n1. The van der Waals surface area contributed by atoms with Crippen LogP contribution in [0.2, 0.25) is 0 Å². The quantitative estimate of drug-likeness (QED) is 0.850. The number of nitrogens with zero attached hydrogens (tertiary/aromatic N) is 2. The van der Waals surface area contributed by atoms with E-state index in [2.05, 4.69) is 49.4 Å². The highest BCUT2D eigenvalue weighted by molar-refractivity contribution is 5.27. The number of hydrogen-bond acceptors (Lipinski definition) is 3. The molecule has 0 spiro atoms. The van der Waals surface area contributed by atoms with E-state index < -0.39 is 0 Å². The molecule has 4 nitrogen and oxygen atoms in total. The highest BCUT2D eigenvalue weighted by atomic mass is 16.5. The summed E-state index contributed by atoms with van der Waals surface area (Å²) < 4.78 is 7.76. The lowest BCUT2D eigenvalue weighted by Crippen LogP contribution is -2.21. The maximum absolute atomic E-state index is 5.77. The van der Waals surface area contributed by atoms with Gasteiger partial charge in [-0.15, -0.1) is 0 Å². The van der Waals surface area contributed by atoms with E-state index in [-0.39, 0.29) is 0 Å². The number of ether oxygens (including phenoxy) is 1. The van der Waals surface area contributed by atoms with Crippen LogP contribution in [0.5, 0.6) is 5.75 Å². The molecule has 0 aliphatic rings. The molecule has 1 aromatic carbocycles. The van der Waals surface area contributed by atoms with Gasteiger partial charge in [-0.25, -0.2) is 0 Å². The highest BCUT2D eigenvalue weighted by Crippen LogP contribution is 2.12. The summed E-state index contributed by atoms with van der Waals surface area (Å²) in [6.07, 6.45) is 0. The standard InChI is InChI=1S/C17H25N3O/c1-13(2)18-12-16-5-7-17(8-6-16)21-10-9-20-15(4)11-14(3)19-20/h5-8,11,13,18H,9-10,12H2,1-4H3. The predicted molar refractivity (Wildman–Crippen MR) is 85.6 cm³/mol. The van der Waals surface area contributed by atoms with Gasteiger partial charge in [-0.05, 0) is 37.6 Å². The lowest BCUT2D eigenvalue weighted by Gasteiger charge is -2.10. The normalized spacial score (nSPS) is 11.1. The van der Waals surface area contributed by atoms with Crippen molar-refractivity contribution in [1.82, 2.24) is 15.1 Å². The second-order valence-corrected chi connectivity index (χ2v) is 5.68. The summed E-state index contributed by atoms with van der Waals surface area (Å²) >= 11 is 0. The third kappa shape index (κ3) is 4.90. The van der Waals surface area contributed by atoms with Crippen LogP contribution in [0.1, 0.15) is 30.8 Å². The van der Waals surface area contributed by atoms with E-state index in [0.717, 1.165) is 24.5 Å². The third-order valence-electron chi connectivity index (χ3n) is 3.31. The Balaban J connectivity index is 1.79. The Morgan fingerprint density at radius 3 is 2.48 bits per heavy atom. The van der Waals surface area contributed by atoms with Crippen LogP contribution in [0.3, 0.4) is 0 Å². The van der Waals surface area contributed by atoms with Crippen molar-refractivity contribution in [3.05, 3.63) is 47.3 Å². The van der Waals surface area contributed by atoms with Crippen LogP contribution < -0.4 is 10.1 Å². The molecule has 1 N–H and O–H groups in total. The van der Waals surface area contributed by atoms with Gasteiger partial charge in [0.2, 0.25) is 0 Å². The van der Waals surface area contributed by atoms with Crippen LogP contribution in [-0.4, -0.2) is 22.4 Å². The molecule has 1 aromatic heterocycles. The van der Waals surface area contributed by atoms with Crippen molar-refractivity contribution in [3.63, 3.8) is 0 Å². The maximum Gasteiger partial charge on any atom is 0.119 e. The first-order valence-corrected chi connectivity index (χ1v) is 7.51. The topological polar surface area (TPSA) is 39.1 Å². The van der Waals surface area contributed by atoms with E-state index in [4.69, 9.17) is 4.74 Å². The van der Waals surface area contributed by atoms with Crippen molar-refractivity contribution in [2.75, 3.05) is 6.61 Å². The average Bonchev–Trinajstić information content (AvgIpc) is 2.76. The highest BCUT2D eigenvalue weighted by Gasteiger charge is 2.01. The van der Waals surface area contributed by atoms with Gasteiger partial charge in [-0.2, -0.15) is 5.10 Å². The van der Waals surface area contributed by atoms with Gasteiger partial charge < -0.3 is 10.1 Å². The first-order valence-electron chi connectivity index (χ1n) is 7.51. The summed E-state index contributed by atoms with van der Waals surface area (Å²) in [6.45, 7) is 10.7. The lowest BCUT2D eigenvalue weighted by molar-refractivity contribution is 0.289. The van der Waals surface area contributed by atoms with Crippen LogP contribution in [0.25, 0.3) is 0 Å². The van der Waals surface area contributed by atoms with Crippen molar-refractivity contribution in [2.24, 2.45) is 0 Å². The lowest BCUT2D eigenvalue weighted by atomic mass is 10.2. The summed E-state index contributed by atoms with van der Waals surface area (Å²) in [7, 11) is 0. The van der Waals surface area contributed by atoms with Crippen molar-refractivity contribution in [3.8, 4) is 5.75 Å². The number of aryl methyl sites for hydroxylation is 2. The van der Waals surface area contributed by atoms with Gasteiger partial charge in [-0.3, -0.25) is 4.68 Å². The van der Waals surface area contributed by atoms with Gasteiger partial charge in [0.05, 0.1) is 12.2 Å². The Hall–Kier alpha value is -1.81. The van der Waals surface area contributed by atoms with E-state index in [1.54, 1.807) is 0 Å². The fourth-order valence-corrected chi connectivity index (χ4v) is 2.18. The third-order valence-corrected chi connectivity index (χ3v) is 3.31. The van der Waals surface area contributed by atoms with Gasteiger partial charge in [0.15, 0.2) is 0 Å². The average molecular weight is 287 g/mol. The Bertz CT molecular complexity index is 558. The molecule has 2 aromatic rings. The second kappa shape index (κ2) is 7.27. The fourth-order valence-electron chi connectivity index (χ4n) is 2.18. The Kier molecular flexibility index (Phi) is 5.39. The molecule has 0 atom stereocenters. The molecule has 0 radical (unpaired) electrons. The van der Waals surface area contributed by atoms with Gasteiger partial charge in [0.1, 0.15) is 12.4 Å². The van der Waals surface area contributed by atoms with Gasteiger partial charge in [0, 0.05) is 18.3 Å². The molecule has 0 bridgehead atoms.